The standard InChI is InChI=1S/C21H21N5O3/c27-21(23-14-13-22-17-10-4-5-11-19(17)26(28)29)20-16-9-6-12-18(16)25(24-20)15-7-2-1-3-8-15/h1-5,7-8,10-11,22H,6,9,12-14H2,(H,23,27). The molecule has 0 unspecified atom stereocenters. The molecule has 1 aliphatic rings. The zero-order chi connectivity index (χ0) is 20.2. The van der Waals surface area contributed by atoms with Crippen LogP contribution in [0.25, 0.3) is 5.69 Å². The lowest BCUT2D eigenvalue weighted by atomic mass is 10.2. The molecule has 0 spiro atoms. The van der Waals surface area contributed by atoms with Gasteiger partial charge in [0.05, 0.1) is 10.6 Å². The number of hydrogen-bond donors (Lipinski definition) is 2. The van der Waals surface area contributed by atoms with Crippen LogP contribution in [-0.2, 0) is 12.8 Å². The molecule has 0 atom stereocenters. The van der Waals surface area contributed by atoms with Crippen molar-refractivity contribution in [3.63, 3.8) is 0 Å². The van der Waals surface area contributed by atoms with Crippen LogP contribution in [0.15, 0.2) is 54.6 Å². The van der Waals surface area contributed by atoms with Crippen molar-refractivity contribution in [2.24, 2.45) is 0 Å². The topological polar surface area (TPSA) is 102 Å². The van der Waals surface area contributed by atoms with Gasteiger partial charge in [0.1, 0.15) is 5.69 Å². The monoisotopic (exact) mass is 391 g/mol. The molecule has 1 amide bonds. The van der Waals surface area contributed by atoms with Gasteiger partial charge < -0.3 is 10.6 Å². The molecule has 1 aromatic heterocycles. The summed E-state index contributed by atoms with van der Waals surface area (Å²) in [6.45, 7) is 0.704. The van der Waals surface area contributed by atoms with Crippen LogP contribution in [0, 0.1) is 10.1 Å². The second-order valence-corrected chi connectivity index (χ2v) is 6.83. The molecule has 0 radical (unpaired) electrons. The van der Waals surface area contributed by atoms with E-state index in [0.29, 0.717) is 24.5 Å². The highest BCUT2D eigenvalue weighted by Crippen LogP contribution is 2.27. The number of benzene rings is 2. The zero-order valence-corrected chi connectivity index (χ0v) is 15.8. The third kappa shape index (κ3) is 3.82. The number of anilines is 1. The number of nitrogens with one attached hydrogen (secondary N) is 2. The number of carbonyl (C=O) groups excluding carboxylic acids is 1. The van der Waals surface area contributed by atoms with Crippen LogP contribution in [0.1, 0.15) is 28.2 Å². The Balaban J connectivity index is 1.42. The van der Waals surface area contributed by atoms with Gasteiger partial charge in [0.15, 0.2) is 5.69 Å². The van der Waals surface area contributed by atoms with E-state index >= 15 is 0 Å². The lowest BCUT2D eigenvalue weighted by molar-refractivity contribution is -0.384. The molecule has 0 saturated carbocycles. The smallest absolute Gasteiger partial charge is 0.292 e. The fraction of sp³-hybridized carbons (Fsp3) is 0.238. The average molecular weight is 391 g/mol. The fourth-order valence-corrected chi connectivity index (χ4v) is 3.64. The first-order chi connectivity index (χ1) is 14.1. The van der Waals surface area contributed by atoms with E-state index in [2.05, 4.69) is 15.7 Å². The molecule has 4 rings (SSSR count). The highest BCUT2D eigenvalue weighted by Gasteiger charge is 2.26. The lowest BCUT2D eigenvalue weighted by Gasteiger charge is -2.08. The summed E-state index contributed by atoms with van der Waals surface area (Å²) in [5, 5.41) is 21.5. The summed E-state index contributed by atoms with van der Waals surface area (Å²) >= 11 is 0. The summed E-state index contributed by atoms with van der Waals surface area (Å²) in [4.78, 5) is 23.3. The molecule has 8 heteroatoms. The molecule has 1 heterocycles. The van der Waals surface area contributed by atoms with Crippen LogP contribution in [0.3, 0.4) is 0 Å². The molecule has 2 N–H and O–H groups in total. The van der Waals surface area contributed by atoms with Crippen molar-refractivity contribution < 1.29 is 9.72 Å². The van der Waals surface area contributed by atoms with E-state index in [1.165, 1.54) is 6.07 Å². The van der Waals surface area contributed by atoms with E-state index in [-0.39, 0.29) is 11.6 Å². The van der Waals surface area contributed by atoms with Gasteiger partial charge in [0.25, 0.3) is 11.6 Å². The summed E-state index contributed by atoms with van der Waals surface area (Å²) in [5.74, 6) is -0.220. The van der Waals surface area contributed by atoms with Crippen molar-refractivity contribution in [1.29, 1.82) is 0 Å². The van der Waals surface area contributed by atoms with E-state index in [0.717, 1.165) is 36.2 Å². The Hall–Kier alpha value is -3.68. The van der Waals surface area contributed by atoms with Crippen molar-refractivity contribution in [3.05, 3.63) is 81.7 Å². The third-order valence-corrected chi connectivity index (χ3v) is 4.97. The second-order valence-electron chi connectivity index (χ2n) is 6.83. The summed E-state index contributed by atoms with van der Waals surface area (Å²) in [6.07, 6.45) is 2.77. The number of rotatable bonds is 7. The van der Waals surface area contributed by atoms with Gasteiger partial charge in [-0.2, -0.15) is 5.10 Å². The minimum Gasteiger partial charge on any atom is -0.378 e. The van der Waals surface area contributed by atoms with Gasteiger partial charge in [-0.25, -0.2) is 4.68 Å². The highest BCUT2D eigenvalue weighted by atomic mass is 16.6. The number of nitro groups is 1. The van der Waals surface area contributed by atoms with E-state index in [1.54, 1.807) is 18.2 Å². The maximum atomic E-state index is 12.7. The van der Waals surface area contributed by atoms with Crippen LogP contribution >= 0.6 is 0 Å². The number of hydrogen-bond acceptors (Lipinski definition) is 5. The van der Waals surface area contributed by atoms with Crippen molar-refractivity contribution in [2.45, 2.75) is 19.3 Å². The summed E-state index contributed by atoms with van der Waals surface area (Å²) in [7, 11) is 0. The molecule has 0 aliphatic heterocycles. The minimum atomic E-state index is -0.430. The number of aromatic nitrogens is 2. The molecule has 148 valence electrons. The number of para-hydroxylation sites is 3. The van der Waals surface area contributed by atoms with Crippen LogP contribution in [0.4, 0.5) is 11.4 Å². The van der Waals surface area contributed by atoms with Gasteiger partial charge in [-0.15, -0.1) is 0 Å². The Morgan fingerprint density at radius 1 is 1.07 bits per heavy atom. The first kappa shape index (κ1) is 18.7. The van der Waals surface area contributed by atoms with Crippen molar-refractivity contribution in [1.82, 2.24) is 15.1 Å². The predicted octanol–water partition coefficient (Wildman–Crippen LogP) is 3.11. The molecule has 3 aromatic rings. The van der Waals surface area contributed by atoms with Gasteiger partial charge in [-0.3, -0.25) is 14.9 Å². The first-order valence-corrected chi connectivity index (χ1v) is 9.57. The molecule has 29 heavy (non-hydrogen) atoms. The van der Waals surface area contributed by atoms with Crippen LogP contribution < -0.4 is 10.6 Å². The largest absolute Gasteiger partial charge is 0.378 e. The Kier molecular flexibility index (Phi) is 5.24. The maximum absolute atomic E-state index is 12.7. The van der Waals surface area contributed by atoms with Crippen LogP contribution in [0.5, 0.6) is 0 Å². The number of fused-ring (bicyclic) bond motifs is 1. The molecule has 8 nitrogen and oxygen atoms in total. The van der Waals surface area contributed by atoms with Crippen molar-refractivity contribution >= 4 is 17.3 Å². The Morgan fingerprint density at radius 3 is 2.62 bits per heavy atom. The average Bonchev–Trinajstić information content (AvgIpc) is 3.34. The Labute approximate surface area is 167 Å². The SMILES string of the molecule is O=C(NCCNc1ccccc1[N+](=O)[O-])c1nn(-c2ccccc2)c2c1CCC2. The Bertz CT molecular complexity index is 1050. The van der Waals surface area contributed by atoms with Gasteiger partial charge in [0, 0.05) is 30.4 Å². The van der Waals surface area contributed by atoms with E-state index in [1.807, 2.05) is 35.0 Å². The van der Waals surface area contributed by atoms with E-state index in [9.17, 15) is 14.9 Å². The Morgan fingerprint density at radius 2 is 1.83 bits per heavy atom. The van der Waals surface area contributed by atoms with E-state index < -0.39 is 4.92 Å². The molecule has 0 fully saturated rings. The molecular weight excluding hydrogens is 370 g/mol. The lowest BCUT2D eigenvalue weighted by Crippen LogP contribution is -2.29. The quantitative estimate of drug-likeness (QED) is 0.366. The highest BCUT2D eigenvalue weighted by molar-refractivity contribution is 5.94. The zero-order valence-electron chi connectivity index (χ0n) is 15.8. The number of nitrogens with zero attached hydrogens (tertiary/aromatic N) is 3. The van der Waals surface area contributed by atoms with Crippen molar-refractivity contribution in [3.8, 4) is 5.69 Å². The van der Waals surface area contributed by atoms with Crippen molar-refractivity contribution in [2.75, 3.05) is 18.4 Å². The van der Waals surface area contributed by atoms with Crippen LogP contribution in [0.2, 0.25) is 0 Å². The number of nitro benzene ring substituents is 1. The fourth-order valence-electron chi connectivity index (χ4n) is 3.64. The first-order valence-electron chi connectivity index (χ1n) is 9.57. The summed E-state index contributed by atoms with van der Waals surface area (Å²) in [6, 6.07) is 16.2. The van der Waals surface area contributed by atoms with E-state index in [4.69, 9.17) is 0 Å². The molecule has 0 bridgehead atoms. The van der Waals surface area contributed by atoms with Gasteiger partial charge in [0.2, 0.25) is 0 Å². The number of carbonyl (C=O) groups is 1. The van der Waals surface area contributed by atoms with Gasteiger partial charge >= 0.3 is 0 Å². The molecular formula is C21H21N5O3. The molecule has 1 aliphatic carbocycles. The third-order valence-electron chi connectivity index (χ3n) is 4.97. The predicted molar refractivity (Wildman–Crippen MR) is 110 cm³/mol. The van der Waals surface area contributed by atoms with Gasteiger partial charge in [-0.05, 0) is 37.5 Å². The normalized spacial score (nSPS) is 12.4. The molecule has 0 saturated heterocycles. The molecule has 2 aromatic carbocycles. The second kappa shape index (κ2) is 8.14. The maximum Gasteiger partial charge on any atom is 0.292 e. The van der Waals surface area contributed by atoms with Gasteiger partial charge in [-0.1, -0.05) is 30.3 Å². The summed E-state index contributed by atoms with van der Waals surface area (Å²) < 4.78 is 1.86. The minimum absolute atomic E-state index is 0.0123. The number of amides is 1. The summed E-state index contributed by atoms with van der Waals surface area (Å²) in [5.41, 5.74) is 3.96. The van der Waals surface area contributed by atoms with Crippen LogP contribution in [-0.4, -0.2) is 33.7 Å².